The van der Waals surface area contributed by atoms with Gasteiger partial charge in [0, 0.05) is 6.42 Å². The van der Waals surface area contributed by atoms with Crippen LogP contribution < -0.4 is 5.32 Å². The second kappa shape index (κ2) is 59.7. The summed E-state index contributed by atoms with van der Waals surface area (Å²) in [4.78, 5) is 26.6. The van der Waals surface area contributed by atoms with Crippen LogP contribution in [0.4, 0.5) is 0 Å². The molecule has 8 atom stereocenters. The molecule has 1 aliphatic rings. The largest absolute Gasteiger partial charge is 0.454 e. The molecular weight excluding hydrogens is 1040 g/mol. The smallest absolute Gasteiger partial charge is 0.306 e. The average Bonchev–Trinajstić information content (AvgIpc) is 3.67. The Kier molecular flexibility index (Phi) is 56.4. The number of aliphatic hydroxyl groups excluding tert-OH is 5. The first-order valence-electron chi connectivity index (χ1n) is 35.1. The number of nitrogens with one attached hydrogen (secondary N) is 1. The van der Waals surface area contributed by atoms with Gasteiger partial charge in [-0.25, -0.2) is 0 Å². The number of unbranched alkanes of at least 4 members (excludes halogenated alkanes) is 38. The highest BCUT2D eigenvalue weighted by Gasteiger charge is 2.47. The van der Waals surface area contributed by atoms with E-state index in [1.807, 2.05) is 6.08 Å². The SMILES string of the molecule is CCCCC/C=C\C/C=C\C/C=C\CCCCCC(O)C(=O)NC(COC1OC(CO)C(O)C(O)C1OC(=O)CCCCCCCCCCCCCCCCC/C=C/CCCCCCCC)C(O)/C=C/CCCCCCCCCCCCC. The van der Waals surface area contributed by atoms with Crippen LogP contribution in [0, 0.1) is 0 Å². The van der Waals surface area contributed by atoms with Gasteiger partial charge in [-0.15, -0.1) is 0 Å². The van der Waals surface area contributed by atoms with Gasteiger partial charge in [-0.05, 0) is 89.9 Å². The number of hydrogen-bond acceptors (Lipinski definition) is 10. The number of hydrogen-bond donors (Lipinski definition) is 6. The van der Waals surface area contributed by atoms with E-state index in [-0.39, 0.29) is 19.4 Å². The molecule has 1 saturated heterocycles. The molecule has 1 aliphatic heterocycles. The zero-order chi connectivity index (χ0) is 60.3. The Morgan fingerprint density at radius 3 is 1.28 bits per heavy atom. The predicted molar refractivity (Wildman–Crippen MR) is 347 cm³/mol. The molecule has 0 bridgehead atoms. The van der Waals surface area contributed by atoms with Crippen LogP contribution in [0.1, 0.15) is 323 Å². The Labute approximate surface area is 509 Å². The maximum Gasteiger partial charge on any atom is 0.306 e. The van der Waals surface area contributed by atoms with Crippen LogP contribution in [0.3, 0.4) is 0 Å². The van der Waals surface area contributed by atoms with Gasteiger partial charge < -0.3 is 45.1 Å². The summed E-state index contributed by atoms with van der Waals surface area (Å²) in [6.07, 6.45) is 65.5. The van der Waals surface area contributed by atoms with Gasteiger partial charge in [-0.1, -0.05) is 287 Å². The normalized spacial score (nSPS) is 18.9. The Hall–Kier alpha value is -2.64. The third-order valence-corrected chi connectivity index (χ3v) is 16.4. The first kappa shape index (κ1) is 78.4. The van der Waals surface area contributed by atoms with E-state index in [2.05, 4.69) is 74.7 Å². The van der Waals surface area contributed by atoms with Gasteiger partial charge in [0.15, 0.2) is 12.4 Å². The van der Waals surface area contributed by atoms with E-state index in [9.17, 15) is 35.1 Å². The highest BCUT2D eigenvalue weighted by atomic mass is 16.7. The molecule has 1 rings (SSSR count). The molecule has 11 nitrogen and oxygen atoms in total. The number of carbonyl (C=O) groups is 2. The zero-order valence-corrected chi connectivity index (χ0v) is 53.8. The molecule has 0 aromatic carbocycles. The molecule has 0 saturated carbocycles. The molecule has 0 radical (unpaired) electrons. The summed E-state index contributed by atoms with van der Waals surface area (Å²) in [5.41, 5.74) is 0. The van der Waals surface area contributed by atoms with E-state index in [0.29, 0.717) is 12.8 Å². The maximum absolute atomic E-state index is 13.4. The van der Waals surface area contributed by atoms with E-state index in [1.54, 1.807) is 6.08 Å². The number of ether oxygens (including phenoxy) is 3. The standard InChI is InChI=1S/C72H131NO10/c1-4-7-10-13-16-19-22-25-27-29-30-31-32-33-34-35-36-37-39-42-45-48-51-54-57-60-67(77)83-70-69(79)68(78)66(61-74)82-72(70)81-62-63(64(75)58-55-52-49-46-43-40-24-21-18-15-12-9-6-3)73-71(80)65(76)59-56-53-50-47-44-41-38-28-26-23-20-17-14-11-8-5-2/h17,20,25-28,41,44,55,58,63-66,68-70,72,74-76,78-79H,4-16,18-19,21-24,29-40,42-43,45-54,56-57,59-62H2,1-3H3,(H,73,80)/b20-17-,27-25+,28-26-,44-41-,58-55+. The molecule has 0 aliphatic carbocycles. The van der Waals surface area contributed by atoms with E-state index in [4.69, 9.17) is 14.2 Å². The lowest BCUT2D eigenvalue weighted by atomic mass is 9.99. The molecule has 8 unspecified atom stereocenters. The quantitative estimate of drug-likeness (QED) is 0.0195. The fraction of sp³-hybridized carbons (Fsp3) is 0.833. The van der Waals surface area contributed by atoms with Crippen LogP contribution in [-0.4, -0.2) is 99.6 Å². The summed E-state index contributed by atoms with van der Waals surface area (Å²) in [5, 5.41) is 57.2. The van der Waals surface area contributed by atoms with E-state index in [0.717, 1.165) is 77.0 Å². The van der Waals surface area contributed by atoms with Crippen LogP contribution in [0.5, 0.6) is 0 Å². The van der Waals surface area contributed by atoms with E-state index in [1.165, 1.54) is 199 Å². The van der Waals surface area contributed by atoms with Gasteiger partial charge in [-0.2, -0.15) is 0 Å². The first-order chi connectivity index (χ1) is 40.7. The van der Waals surface area contributed by atoms with Crippen LogP contribution in [0.25, 0.3) is 0 Å². The Balaban J connectivity index is 2.59. The summed E-state index contributed by atoms with van der Waals surface area (Å²) in [5.74, 6) is -1.21. The average molecular weight is 1170 g/mol. The summed E-state index contributed by atoms with van der Waals surface area (Å²) in [6.45, 7) is 5.78. The van der Waals surface area contributed by atoms with Crippen molar-refractivity contribution in [1.29, 1.82) is 0 Å². The lowest BCUT2D eigenvalue weighted by Crippen LogP contribution is -2.61. The third kappa shape index (κ3) is 47.2. The molecule has 0 spiro atoms. The van der Waals surface area contributed by atoms with Crippen molar-refractivity contribution in [3.05, 3.63) is 60.8 Å². The molecular formula is C72H131NO10. The van der Waals surface area contributed by atoms with Crippen molar-refractivity contribution in [2.75, 3.05) is 13.2 Å². The lowest BCUT2D eigenvalue weighted by Gasteiger charge is -2.41. The van der Waals surface area contributed by atoms with Gasteiger partial charge in [0.2, 0.25) is 5.91 Å². The molecule has 6 N–H and O–H groups in total. The minimum absolute atomic E-state index is 0.122. The molecule has 1 fully saturated rings. The minimum Gasteiger partial charge on any atom is -0.454 e. The highest BCUT2D eigenvalue weighted by molar-refractivity contribution is 5.80. The lowest BCUT2D eigenvalue weighted by molar-refractivity contribution is -0.305. The summed E-state index contributed by atoms with van der Waals surface area (Å²) in [7, 11) is 0. The highest BCUT2D eigenvalue weighted by Crippen LogP contribution is 2.26. The van der Waals surface area contributed by atoms with Crippen molar-refractivity contribution >= 4 is 11.9 Å². The summed E-state index contributed by atoms with van der Waals surface area (Å²) >= 11 is 0. The number of allylic oxidation sites excluding steroid dienone is 9. The van der Waals surface area contributed by atoms with Gasteiger partial charge in [0.1, 0.15) is 24.4 Å². The van der Waals surface area contributed by atoms with E-state index < -0.39 is 67.4 Å². The minimum atomic E-state index is -1.62. The van der Waals surface area contributed by atoms with Crippen LogP contribution >= 0.6 is 0 Å². The monoisotopic (exact) mass is 1170 g/mol. The predicted octanol–water partition coefficient (Wildman–Crippen LogP) is 17.7. The Morgan fingerprint density at radius 1 is 0.470 bits per heavy atom. The topological polar surface area (TPSA) is 175 Å². The van der Waals surface area contributed by atoms with Crippen molar-refractivity contribution in [2.24, 2.45) is 0 Å². The van der Waals surface area contributed by atoms with Crippen molar-refractivity contribution < 1.29 is 49.3 Å². The number of rotatable bonds is 60. The van der Waals surface area contributed by atoms with Gasteiger partial charge in [0.25, 0.3) is 0 Å². The molecule has 0 aromatic rings. The molecule has 1 heterocycles. The fourth-order valence-corrected chi connectivity index (χ4v) is 10.8. The molecule has 11 heteroatoms. The first-order valence-corrected chi connectivity index (χ1v) is 35.1. The van der Waals surface area contributed by atoms with E-state index >= 15 is 0 Å². The number of amides is 1. The van der Waals surface area contributed by atoms with Crippen LogP contribution in [-0.2, 0) is 23.8 Å². The van der Waals surface area contributed by atoms with Crippen LogP contribution in [0.2, 0.25) is 0 Å². The van der Waals surface area contributed by atoms with Crippen LogP contribution in [0.15, 0.2) is 60.8 Å². The molecule has 484 valence electrons. The third-order valence-electron chi connectivity index (χ3n) is 16.4. The summed E-state index contributed by atoms with van der Waals surface area (Å²) < 4.78 is 17.7. The zero-order valence-electron chi connectivity index (χ0n) is 53.8. The van der Waals surface area contributed by atoms with Gasteiger partial charge >= 0.3 is 5.97 Å². The number of esters is 1. The summed E-state index contributed by atoms with van der Waals surface area (Å²) in [6, 6.07) is -1.04. The fourth-order valence-electron chi connectivity index (χ4n) is 10.8. The molecule has 1 amide bonds. The number of aliphatic hydroxyl groups is 5. The van der Waals surface area contributed by atoms with Crippen molar-refractivity contribution in [1.82, 2.24) is 5.32 Å². The molecule has 83 heavy (non-hydrogen) atoms. The van der Waals surface area contributed by atoms with Crippen molar-refractivity contribution in [3.63, 3.8) is 0 Å². The maximum atomic E-state index is 13.4. The Bertz CT molecular complexity index is 1580. The van der Waals surface area contributed by atoms with Gasteiger partial charge in [0.05, 0.1) is 25.4 Å². The Morgan fingerprint density at radius 2 is 0.831 bits per heavy atom. The molecule has 0 aromatic heterocycles. The van der Waals surface area contributed by atoms with Gasteiger partial charge in [-0.3, -0.25) is 9.59 Å². The second-order valence-electron chi connectivity index (χ2n) is 24.3. The second-order valence-corrected chi connectivity index (χ2v) is 24.3. The van der Waals surface area contributed by atoms with Crippen molar-refractivity contribution in [2.45, 2.75) is 372 Å². The van der Waals surface area contributed by atoms with Crippen molar-refractivity contribution in [3.8, 4) is 0 Å². The number of carbonyl (C=O) groups excluding carboxylic acids is 2.